The molecule has 0 heterocycles. The molecule has 0 saturated heterocycles. The van der Waals surface area contributed by atoms with Crippen LogP contribution in [0.1, 0.15) is 39.0 Å². The van der Waals surface area contributed by atoms with Crippen LogP contribution in [0.5, 0.6) is 0 Å². The molecule has 0 N–H and O–H groups in total. The van der Waals surface area contributed by atoms with E-state index in [4.69, 9.17) is 4.74 Å². The predicted molar refractivity (Wildman–Crippen MR) is 55.8 cm³/mol. The Balaban J connectivity index is 2.37. The van der Waals surface area contributed by atoms with Crippen molar-refractivity contribution >= 4 is 15.9 Å². The fourth-order valence-corrected chi connectivity index (χ4v) is 2.66. The first kappa shape index (κ1) is 10.5. The summed E-state index contributed by atoms with van der Waals surface area (Å²) in [6.45, 7) is 3.88. The maximum absolute atomic E-state index is 5.54. The molecule has 72 valence electrons. The van der Waals surface area contributed by atoms with Gasteiger partial charge in [0.25, 0.3) is 0 Å². The number of ether oxygens (including phenoxy) is 1. The van der Waals surface area contributed by atoms with E-state index < -0.39 is 0 Å². The van der Waals surface area contributed by atoms with Gasteiger partial charge >= 0.3 is 0 Å². The highest BCUT2D eigenvalue weighted by Crippen LogP contribution is 2.37. The molecule has 1 aliphatic rings. The van der Waals surface area contributed by atoms with Crippen molar-refractivity contribution in [2.75, 3.05) is 18.5 Å². The van der Waals surface area contributed by atoms with Crippen LogP contribution in [0.15, 0.2) is 0 Å². The van der Waals surface area contributed by atoms with Crippen LogP contribution < -0.4 is 0 Å². The van der Waals surface area contributed by atoms with E-state index in [1.807, 2.05) is 0 Å². The van der Waals surface area contributed by atoms with Crippen molar-refractivity contribution in [3.8, 4) is 0 Å². The van der Waals surface area contributed by atoms with E-state index in [1.54, 1.807) is 0 Å². The zero-order chi connectivity index (χ0) is 8.86. The van der Waals surface area contributed by atoms with Crippen molar-refractivity contribution in [3.63, 3.8) is 0 Å². The molecule has 0 aromatic rings. The van der Waals surface area contributed by atoms with Gasteiger partial charge in [-0.15, -0.1) is 0 Å². The van der Waals surface area contributed by atoms with Crippen molar-refractivity contribution in [3.05, 3.63) is 0 Å². The molecular weight excluding hydrogens is 216 g/mol. The summed E-state index contributed by atoms with van der Waals surface area (Å²) < 4.78 is 5.54. The zero-order valence-electron chi connectivity index (χ0n) is 7.94. The van der Waals surface area contributed by atoms with Crippen molar-refractivity contribution in [1.82, 2.24) is 0 Å². The minimum atomic E-state index is 0.467. The van der Waals surface area contributed by atoms with Crippen LogP contribution in [0.4, 0.5) is 0 Å². The van der Waals surface area contributed by atoms with Gasteiger partial charge in [-0.1, -0.05) is 35.2 Å². The Kier molecular flexibility index (Phi) is 4.59. The van der Waals surface area contributed by atoms with Crippen molar-refractivity contribution in [2.24, 2.45) is 5.41 Å². The number of rotatable bonds is 4. The molecule has 0 atom stereocenters. The number of hydrogen-bond acceptors (Lipinski definition) is 1. The van der Waals surface area contributed by atoms with Gasteiger partial charge in [-0.2, -0.15) is 0 Å². The minimum Gasteiger partial charge on any atom is -0.381 e. The summed E-state index contributed by atoms with van der Waals surface area (Å²) in [5.41, 5.74) is 0.467. The quantitative estimate of drug-likeness (QED) is 0.679. The molecule has 0 spiro atoms. The average molecular weight is 235 g/mol. The molecule has 0 aromatic heterocycles. The predicted octanol–water partition coefficient (Wildman–Crippen LogP) is 3.37. The lowest BCUT2D eigenvalue weighted by Crippen LogP contribution is -2.31. The molecule has 1 rings (SSSR count). The smallest absolute Gasteiger partial charge is 0.0530 e. The summed E-state index contributed by atoms with van der Waals surface area (Å²) in [6.07, 6.45) is 6.88. The lowest BCUT2D eigenvalue weighted by Gasteiger charge is -2.35. The second-order valence-electron chi connectivity index (χ2n) is 3.83. The van der Waals surface area contributed by atoms with Crippen LogP contribution in [0.3, 0.4) is 0 Å². The summed E-state index contributed by atoms with van der Waals surface area (Å²) in [7, 11) is 0. The monoisotopic (exact) mass is 234 g/mol. The highest BCUT2D eigenvalue weighted by Gasteiger charge is 2.30. The fraction of sp³-hybridized carbons (Fsp3) is 1.00. The van der Waals surface area contributed by atoms with Gasteiger partial charge in [0.15, 0.2) is 0 Å². The molecule has 1 saturated carbocycles. The molecule has 12 heavy (non-hydrogen) atoms. The SMILES string of the molecule is CCOCC1(CBr)CCCCC1. The third kappa shape index (κ3) is 2.74. The van der Waals surface area contributed by atoms with Gasteiger partial charge in [-0.05, 0) is 19.8 Å². The molecule has 0 bridgehead atoms. The maximum Gasteiger partial charge on any atom is 0.0530 e. The first-order valence-corrected chi connectivity index (χ1v) is 6.09. The molecule has 0 amide bonds. The van der Waals surface area contributed by atoms with Crippen LogP contribution in [-0.2, 0) is 4.74 Å². The Labute approximate surface area is 84.0 Å². The third-order valence-corrected chi connectivity index (χ3v) is 4.00. The third-order valence-electron chi connectivity index (χ3n) is 2.81. The molecule has 0 aliphatic heterocycles. The Morgan fingerprint density at radius 2 is 1.92 bits per heavy atom. The average Bonchev–Trinajstić information content (AvgIpc) is 2.16. The van der Waals surface area contributed by atoms with E-state index >= 15 is 0 Å². The van der Waals surface area contributed by atoms with Gasteiger partial charge in [0.1, 0.15) is 0 Å². The minimum absolute atomic E-state index is 0.467. The number of hydrogen-bond donors (Lipinski definition) is 0. The Morgan fingerprint density at radius 1 is 1.25 bits per heavy atom. The van der Waals surface area contributed by atoms with Gasteiger partial charge in [0.2, 0.25) is 0 Å². The number of alkyl halides is 1. The first-order chi connectivity index (χ1) is 5.83. The highest BCUT2D eigenvalue weighted by atomic mass is 79.9. The van der Waals surface area contributed by atoms with E-state index in [0.29, 0.717) is 5.41 Å². The van der Waals surface area contributed by atoms with Crippen LogP contribution >= 0.6 is 15.9 Å². The van der Waals surface area contributed by atoms with Crippen molar-refractivity contribution in [2.45, 2.75) is 39.0 Å². The fourth-order valence-electron chi connectivity index (χ4n) is 1.94. The van der Waals surface area contributed by atoms with Crippen molar-refractivity contribution < 1.29 is 4.74 Å². The molecule has 1 fully saturated rings. The second-order valence-corrected chi connectivity index (χ2v) is 4.39. The lowest BCUT2D eigenvalue weighted by molar-refractivity contribution is 0.0416. The standard InChI is InChI=1S/C10H19BrO/c1-2-12-9-10(8-11)6-4-3-5-7-10/h2-9H2,1H3. The van der Waals surface area contributed by atoms with Crippen LogP contribution in [0, 0.1) is 5.41 Å². The summed E-state index contributed by atoms with van der Waals surface area (Å²) in [4.78, 5) is 0. The van der Waals surface area contributed by atoms with E-state index in [-0.39, 0.29) is 0 Å². The second kappa shape index (κ2) is 5.23. The van der Waals surface area contributed by atoms with E-state index in [9.17, 15) is 0 Å². The molecule has 0 aromatic carbocycles. The summed E-state index contributed by atoms with van der Waals surface area (Å²) in [5, 5.41) is 1.11. The van der Waals surface area contributed by atoms with Gasteiger partial charge in [-0.25, -0.2) is 0 Å². The number of halogens is 1. The normalized spacial score (nSPS) is 22.5. The Morgan fingerprint density at radius 3 is 2.42 bits per heavy atom. The van der Waals surface area contributed by atoms with Crippen LogP contribution in [0.25, 0.3) is 0 Å². The van der Waals surface area contributed by atoms with Gasteiger partial charge < -0.3 is 4.74 Å². The summed E-state index contributed by atoms with van der Waals surface area (Å²) in [5.74, 6) is 0. The topological polar surface area (TPSA) is 9.23 Å². The van der Waals surface area contributed by atoms with Crippen molar-refractivity contribution in [1.29, 1.82) is 0 Å². The van der Waals surface area contributed by atoms with Gasteiger partial charge in [0.05, 0.1) is 6.61 Å². The summed E-state index contributed by atoms with van der Waals surface area (Å²) >= 11 is 3.62. The molecular formula is C10H19BrO. The maximum atomic E-state index is 5.54. The van der Waals surface area contributed by atoms with E-state index in [2.05, 4.69) is 22.9 Å². The first-order valence-electron chi connectivity index (χ1n) is 4.97. The molecule has 1 nitrogen and oxygen atoms in total. The highest BCUT2D eigenvalue weighted by molar-refractivity contribution is 9.09. The lowest BCUT2D eigenvalue weighted by atomic mass is 9.76. The molecule has 0 radical (unpaired) electrons. The van der Waals surface area contributed by atoms with Crippen LogP contribution in [0.2, 0.25) is 0 Å². The molecule has 0 unspecified atom stereocenters. The van der Waals surface area contributed by atoms with E-state index in [1.165, 1.54) is 32.1 Å². The van der Waals surface area contributed by atoms with Crippen LogP contribution in [-0.4, -0.2) is 18.5 Å². The Hall–Kier alpha value is 0.440. The van der Waals surface area contributed by atoms with Gasteiger partial charge in [0, 0.05) is 17.4 Å². The molecule has 1 aliphatic carbocycles. The zero-order valence-corrected chi connectivity index (χ0v) is 9.53. The summed E-state index contributed by atoms with van der Waals surface area (Å²) in [6, 6.07) is 0. The largest absolute Gasteiger partial charge is 0.381 e. The van der Waals surface area contributed by atoms with Gasteiger partial charge in [-0.3, -0.25) is 0 Å². The molecule has 2 heteroatoms. The Bertz CT molecular complexity index is 119. The van der Waals surface area contributed by atoms with E-state index in [0.717, 1.165) is 18.5 Å².